The standard InChI is InChI=1S/C21H29N5O2/c1-24(2)11-10-23-20-16-17(8-9-22-20)21(27)26-14-12-25(13-15-26)18-6-4-5-7-19(18)28-3/h4-9,16H,10-15H2,1-3H3,(H,22,23). The summed E-state index contributed by atoms with van der Waals surface area (Å²) in [5.74, 6) is 1.66. The largest absolute Gasteiger partial charge is 0.495 e. The van der Waals surface area contributed by atoms with Crippen molar-refractivity contribution in [3.05, 3.63) is 48.2 Å². The molecule has 1 aromatic carbocycles. The van der Waals surface area contributed by atoms with Crippen LogP contribution in [-0.2, 0) is 0 Å². The van der Waals surface area contributed by atoms with E-state index in [1.807, 2.05) is 43.3 Å². The number of rotatable bonds is 7. The molecule has 1 amide bonds. The maximum atomic E-state index is 12.9. The van der Waals surface area contributed by atoms with Gasteiger partial charge in [-0.15, -0.1) is 0 Å². The summed E-state index contributed by atoms with van der Waals surface area (Å²) in [6.45, 7) is 4.63. The summed E-state index contributed by atoms with van der Waals surface area (Å²) in [5.41, 5.74) is 1.75. The highest BCUT2D eigenvalue weighted by atomic mass is 16.5. The molecule has 1 aliphatic heterocycles. The summed E-state index contributed by atoms with van der Waals surface area (Å²) >= 11 is 0. The van der Waals surface area contributed by atoms with E-state index >= 15 is 0 Å². The lowest BCUT2D eigenvalue weighted by atomic mass is 10.2. The van der Waals surface area contributed by atoms with Crippen molar-refractivity contribution in [3.8, 4) is 5.75 Å². The first-order valence-corrected chi connectivity index (χ1v) is 9.60. The average Bonchev–Trinajstić information content (AvgIpc) is 2.73. The molecular weight excluding hydrogens is 354 g/mol. The van der Waals surface area contributed by atoms with E-state index in [9.17, 15) is 4.79 Å². The number of ether oxygens (including phenoxy) is 1. The number of hydrogen-bond donors (Lipinski definition) is 1. The number of nitrogens with zero attached hydrogens (tertiary/aromatic N) is 4. The fraction of sp³-hybridized carbons (Fsp3) is 0.429. The van der Waals surface area contributed by atoms with Crippen molar-refractivity contribution < 1.29 is 9.53 Å². The number of methoxy groups -OCH3 is 1. The Morgan fingerprint density at radius 1 is 1.18 bits per heavy atom. The summed E-state index contributed by atoms with van der Waals surface area (Å²) in [5, 5.41) is 3.27. The lowest BCUT2D eigenvalue weighted by Crippen LogP contribution is -2.48. The van der Waals surface area contributed by atoms with Gasteiger partial charge in [-0.2, -0.15) is 0 Å². The molecule has 0 unspecified atom stereocenters. The van der Waals surface area contributed by atoms with Gasteiger partial charge in [0.25, 0.3) is 5.91 Å². The molecule has 1 saturated heterocycles. The van der Waals surface area contributed by atoms with Crippen molar-refractivity contribution in [2.75, 3.05) is 70.7 Å². The fourth-order valence-electron chi connectivity index (χ4n) is 3.29. The first-order valence-electron chi connectivity index (χ1n) is 9.60. The molecule has 0 radical (unpaired) electrons. The van der Waals surface area contributed by atoms with Crippen LogP contribution in [0.4, 0.5) is 11.5 Å². The van der Waals surface area contributed by atoms with E-state index in [-0.39, 0.29) is 5.91 Å². The summed E-state index contributed by atoms with van der Waals surface area (Å²) in [6.07, 6.45) is 1.69. The number of aromatic nitrogens is 1. The van der Waals surface area contributed by atoms with Crippen LogP contribution in [0.5, 0.6) is 5.75 Å². The van der Waals surface area contributed by atoms with Gasteiger partial charge in [0.2, 0.25) is 0 Å². The smallest absolute Gasteiger partial charge is 0.254 e. The second-order valence-corrected chi connectivity index (χ2v) is 7.11. The number of hydrogen-bond acceptors (Lipinski definition) is 6. The van der Waals surface area contributed by atoms with E-state index in [1.54, 1.807) is 19.4 Å². The SMILES string of the molecule is COc1ccccc1N1CCN(C(=O)c2ccnc(NCCN(C)C)c2)CC1. The number of likely N-dealkylation sites (N-methyl/N-ethyl adjacent to an activating group) is 1. The number of benzene rings is 1. The fourth-order valence-corrected chi connectivity index (χ4v) is 3.29. The number of anilines is 2. The Morgan fingerprint density at radius 3 is 2.64 bits per heavy atom. The number of piperazine rings is 1. The molecule has 3 rings (SSSR count). The lowest BCUT2D eigenvalue weighted by Gasteiger charge is -2.36. The third kappa shape index (κ3) is 4.92. The molecule has 7 nitrogen and oxygen atoms in total. The minimum Gasteiger partial charge on any atom is -0.495 e. The van der Waals surface area contributed by atoms with Crippen molar-refractivity contribution in [1.29, 1.82) is 0 Å². The number of para-hydroxylation sites is 2. The van der Waals surface area contributed by atoms with Crippen LogP contribution < -0.4 is 15.0 Å². The minimum absolute atomic E-state index is 0.0535. The molecular formula is C21H29N5O2. The van der Waals surface area contributed by atoms with Crippen LogP contribution >= 0.6 is 0 Å². The van der Waals surface area contributed by atoms with Crippen molar-refractivity contribution in [2.24, 2.45) is 0 Å². The molecule has 1 N–H and O–H groups in total. The van der Waals surface area contributed by atoms with E-state index in [0.29, 0.717) is 18.7 Å². The highest BCUT2D eigenvalue weighted by molar-refractivity contribution is 5.95. The highest BCUT2D eigenvalue weighted by Gasteiger charge is 2.24. The summed E-state index contributed by atoms with van der Waals surface area (Å²) < 4.78 is 5.46. The number of nitrogens with one attached hydrogen (secondary N) is 1. The van der Waals surface area contributed by atoms with Gasteiger partial charge in [-0.1, -0.05) is 12.1 Å². The molecule has 0 spiro atoms. The first kappa shape index (κ1) is 19.9. The number of carbonyl (C=O) groups excluding carboxylic acids is 1. The number of carbonyl (C=O) groups is 1. The molecule has 0 bridgehead atoms. The summed E-state index contributed by atoms with van der Waals surface area (Å²) in [4.78, 5) is 23.5. The Balaban J connectivity index is 1.59. The minimum atomic E-state index is 0.0535. The normalized spacial score (nSPS) is 14.3. The van der Waals surface area contributed by atoms with Crippen LogP contribution in [0.15, 0.2) is 42.6 Å². The molecule has 0 saturated carbocycles. The number of amides is 1. The van der Waals surface area contributed by atoms with Gasteiger partial charge in [0.05, 0.1) is 12.8 Å². The van der Waals surface area contributed by atoms with E-state index < -0.39 is 0 Å². The molecule has 2 aromatic rings. The highest BCUT2D eigenvalue weighted by Crippen LogP contribution is 2.28. The van der Waals surface area contributed by atoms with E-state index in [0.717, 1.165) is 43.4 Å². The van der Waals surface area contributed by atoms with Crippen molar-refractivity contribution in [2.45, 2.75) is 0 Å². The van der Waals surface area contributed by atoms with E-state index in [1.165, 1.54) is 0 Å². The second-order valence-electron chi connectivity index (χ2n) is 7.11. The monoisotopic (exact) mass is 383 g/mol. The first-order chi connectivity index (χ1) is 13.6. The molecule has 1 aromatic heterocycles. The van der Waals surface area contributed by atoms with Crippen LogP contribution in [-0.4, -0.2) is 81.2 Å². The van der Waals surface area contributed by atoms with Gasteiger partial charge >= 0.3 is 0 Å². The van der Waals surface area contributed by atoms with Crippen LogP contribution in [0.25, 0.3) is 0 Å². The Bertz CT molecular complexity index is 788. The maximum Gasteiger partial charge on any atom is 0.254 e. The summed E-state index contributed by atoms with van der Waals surface area (Å²) in [6, 6.07) is 11.6. The average molecular weight is 383 g/mol. The molecule has 1 aliphatic rings. The molecule has 1 fully saturated rings. The lowest BCUT2D eigenvalue weighted by molar-refractivity contribution is 0.0746. The quantitative estimate of drug-likeness (QED) is 0.789. The van der Waals surface area contributed by atoms with Crippen LogP contribution in [0.3, 0.4) is 0 Å². The van der Waals surface area contributed by atoms with Gasteiger partial charge in [0, 0.05) is 51.0 Å². The van der Waals surface area contributed by atoms with Gasteiger partial charge in [-0.3, -0.25) is 4.79 Å². The van der Waals surface area contributed by atoms with Gasteiger partial charge < -0.3 is 24.8 Å². The molecule has 0 aliphatic carbocycles. The predicted octanol–water partition coefficient (Wildman–Crippen LogP) is 2.03. The molecule has 2 heterocycles. The van der Waals surface area contributed by atoms with E-state index in [2.05, 4.69) is 26.2 Å². The zero-order valence-electron chi connectivity index (χ0n) is 16.9. The van der Waals surface area contributed by atoms with Crippen LogP contribution in [0.2, 0.25) is 0 Å². The zero-order valence-corrected chi connectivity index (χ0v) is 16.9. The maximum absolute atomic E-state index is 12.9. The van der Waals surface area contributed by atoms with Crippen LogP contribution in [0.1, 0.15) is 10.4 Å². The third-order valence-electron chi connectivity index (χ3n) is 4.86. The second kappa shape index (κ2) is 9.41. The van der Waals surface area contributed by atoms with Gasteiger partial charge in [-0.05, 0) is 38.4 Å². The summed E-state index contributed by atoms with van der Waals surface area (Å²) in [7, 11) is 5.74. The van der Waals surface area contributed by atoms with Crippen LogP contribution in [0, 0.1) is 0 Å². The van der Waals surface area contributed by atoms with Crippen molar-refractivity contribution in [3.63, 3.8) is 0 Å². The van der Waals surface area contributed by atoms with Gasteiger partial charge in [-0.25, -0.2) is 4.98 Å². The Morgan fingerprint density at radius 2 is 1.93 bits per heavy atom. The van der Waals surface area contributed by atoms with Crippen molar-refractivity contribution in [1.82, 2.24) is 14.8 Å². The molecule has 0 atom stereocenters. The molecule has 28 heavy (non-hydrogen) atoms. The Kier molecular flexibility index (Phi) is 6.71. The predicted molar refractivity (Wildman–Crippen MR) is 112 cm³/mol. The Hall–Kier alpha value is -2.80. The van der Waals surface area contributed by atoms with Gasteiger partial charge in [0.1, 0.15) is 11.6 Å². The topological polar surface area (TPSA) is 60.9 Å². The zero-order chi connectivity index (χ0) is 19.9. The third-order valence-corrected chi connectivity index (χ3v) is 4.86. The number of pyridine rings is 1. The van der Waals surface area contributed by atoms with E-state index in [4.69, 9.17) is 4.74 Å². The molecule has 150 valence electrons. The Labute approximate surface area is 166 Å². The van der Waals surface area contributed by atoms with Gasteiger partial charge in [0.15, 0.2) is 0 Å². The van der Waals surface area contributed by atoms with Crippen molar-refractivity contribution >= 4 is 17.4 Å². The molecule has 7 heteroatoms.